The molecule has 0 aromatic heterocycles. The highest BCUT2D eigenvalue weighted by Gasteiger charge is 2.12. The van der Waals surface area contributed by atoms with E-state index in [1.54, 1.807) is 0 Å². The van der Waals surface area contributed by atoms with E-state index in [1.807, 2.05) is 0 Å². The second kappa shape index (κ2) is 6.70. The highest BCUT2D eigenvalue weighted by atomic mass is 14.9. The van der Waals surface area contributed by atoms with Crippen LogP contribution in [0.25, 0.3) is 0 Å². The van der Waals surface area contributed by atoms with Crippen molar-refractivity contribution in [2.24, 2.45) is 5.92 Å². The van der Waals surface area contributed by atoms with Gasteiger partial charge in [0.25, 0.3) is 0 Å². The molecule has 0 heterocycles. The van der Waals surface area contributed by atoms with Crippen molar-refractivity contribution in [1.29, 1.82) is 0 Å². The first kappa shape index (κ1) is 13.2. The van der Waals surface area contributed by atoms with Crippen LogP contribution in [0.3, 0.4) is 0 Å². The van der Waals surface area contributed by atoms with Crippen molar-refractivity contribution in [1.82, 2.24) is 5.32 Å². The second-order valence-corrected chi connectivity index (χ2v) is 5.03. The summed E-state index contributed by atoms with van der Waals surface area (Å²) in [6, 6.07) is 11.8. The van der Waals surface area contributed by atoms with Crippen molar-refractivity contribution in [2.45, 2.75) is 52.6 Å². The van der Waals surface area contributed by atoms with Crippen LogP contribution in [-0.2, 0) is 0 Å². The summed E-state index contributed by atoms with van der Waals surface area (Å²) in [5.41, 5.74) is 1.38. The summed E-state index contributed by atoms with van der Waals surface area (Å²) in [4.78, 5) is 0. The number of hydrogen-bond donors (Lipinski definition) is 1. The van der Waals surface area contributed by atoms with Gasteiger partial charge in [-0.15, -0.1) is 0 Å². The van der Waals surface area contributed by atoms with Crippen molar-refractivity contribution >= 4 is 0 Å². The summed E-state index contributed by atoms with van der Waals surface area (Å²) in [6.45, 7) is 9.09. The molecule has 1 nitrogen and oxygen atoms in total. The largest absolute Gasteiger partial charge is 0.307 e. The van der Waals surface area contributed by atoms with E-state index >= 15 is 0 Å². The van der Waals surface area contributed by atoms with Gasteiger partial charge in [-0.3, -0.25) is 0 Å². The maximum atomic E-state index is 3.71. The molecule has 0 aliphatic rings. The summed E-state index contributed by atoms with van der Waals surface area (Å²) >= 11 is 0. The van der Waals surface area contributed by atoms with E-state index in [4.69, 9.17) is 0 Å². The SMILES string of the molecule is CC[C@@H](CC(C)C)N[C@@H](C)c1ccccc1. The van der Waals surface area contributed by atoms with Crippen LogP contribution in [0, 0.1) is 5.92 Å². The van der Waals surface area contributed by atoms with Crippen LogP contribution in [0.5, 0.6) is 0 Å². The fourth-order valence-electron chi connectivity index (χ4n) is 2.11. The van der Waals surface area contributed by atoms with Gasteiger partial charge in [-0.2, -0.15) is 0 Å². The van der Waals surface area contributed by atoms with E-state index in [9.17, 15) is 0 Å². The molecule has 0 bridgehead atoms. The van der Waals surface area contributed by atoms with Gasteiger partial charge in [-0.25, -0.2) is 0 Å². The molecule has 1 N–H and O–H groups in total. The Labute approximate surface area is 100 Å². The lowest BCUT2D eigenvalue weighted by atomic mass is 9.99. The van der Waals surface area contributed by atoms with Gasteiger partial charge in [0.05, 0.1) is 0 Å². The average Bonchev–Trinajstić information content (AvgIpc) is 2.28. The molecule has 1 aromatic rings. The molecule has 0 radical (unpaired) electrons. The molecule has 16 heavy (non-hydrogen) atoms. The van der Waals surface area contributed by atoms with Crippen molar-refractivity contribution < 1.29 is 0 Å². The molecule has 0 saturated heterocycles. The zero-order valence-corrected chi connectivity index (χ0v) is 11.0. The molecule has 0 aliphatic carbocycles. The molecule has 1 heteroatoms. The maximum Gasteiger partial charge on any atom is 0.0294 e. The van der Waals surface area contributed by atoms with Gasteiger partial charge in [-0.05, 0) is 31.2 Å². The first-order valence-electron chi connectivity index (χ1n) is 6.44. The molecule has 0 aliphatic heterocycles. The first-order valence-corrected chi connectivity index (χ1v) is 6.44. The van der Waals surface area contributed by atoms with Gasteiger partial charge in [0.1, 0.15) is 0 Å². The first-order chi connectivity index (χ1) is 7.63. The van der Waals surface area contributed by atoms with Crippen molar-refractivity contribution in [3.8, 4) is 0 Å². The number of benzene rings is 1. The molecule has 0 saturated carbocycles. The summed E-state index contributed by atoms with van der Waals surface area (Å²) in [7, 11) is 0. The molecule has 1 aromatic carbocycles. The van der Waals surface area contributed by atoms with Crippen LogP contribution in [0.15, 0.2) is 30.3 Å². The second-order valence-electron chi connectivity index (χ2n) is 5.03. The third kappa shape index (κ3) is 4.36. The number of nitrogens with one attached hydrogen (secondary N) is 1. The van der Waals surface area contributed by atoms with Gasteiger partial charge >= 0.3 is 0 Å². The lowest BCUT2D eigenvalue weighted by molar-refractivity contribution is 0.376. The summed E-state index contributed by atoms with van der Waals surface area (Å²) in [6.07, 6.45) is 2.46. The lowest BCUT2D eigenvalue weighted by Gasteiger charge is -2.24. The Morgan fingerprint density at radius 2 is 1.69 bits per heavy atom. The minimum atomic E-state index is 0.449. The Morgan fingerprint density at radius 3 is 2.19 bits per heavy atom. The molecule has 0 spiro atoms. The van der Waals surface area contributed by atoms with E-state index in [1.165, 1.54) is 18.4 Å². The van der Waals surface area contributed by atoms with E-state index in [0.29, 0.717) is 12.1 Å². The van der Waals surface area contributed by atoms with Crippen LogP contribution in [0.4, 0.5) is 0 Å². The third-order valence-corrected chi connectivity index (χ3v) is 3.03. The van der Waals surface area contributed by atoms with Crippen LogP contribution in [-0.4, -0.2) is 6.04 Å². The Kier molecular flexibility index (Phi) is 5.54. The Bertz CT molecular complexity index is 279. The summed E-state index contributed by atoms with van der Waals surface area (Å²) in [5.74, 6) is 0.764. The van der Waals surface area contributed by atoms with Crippen LogP contribution < -0.4 is 5.32 Å². The molecule has 1 rings (SSSR count). The van der Waals surface area contributed by atoms with E-state index in [2.05, 4.69) is 63.3 Å². The van der Waals surface area contributed by atoms with Gasteiger partial charge in [-0.1, -0.05) is 51.1 Å². The minimum Gasteiger partial charge on any atom is -0.307 e. The zero-order chi connectivity index (χ0) is 12.0. The molecular weight excluding hydrogens is 194 g/mol. The standard InChI is InChI=1S/C15H25N/c1-5-15(11-12(2)3)16-13(4)14-9-7-6-8-10-14/h6-10,12-13,15-16H,5,11H2,1-4H3/t13-,15-/m0/s1. The zero-order valence-electron chi connectivity index (χ0n) is 11.0. The average molecular weight is 219 g/mol. The van der Waals surface area contributed by atoms with Gasteiger partial charge in [0, 0.05) is 12.1 Å². The Morgan fingerprint density at radius 1 is 1.06 bits per heavy atom. The van der Waals surface area contributed by atoms with Crippen molar-refractivity contribution in [3.05, 3.63) is 35.9 Å². The van der Waals surface area contributed by atoms with E-state index in [0.717, 1.165) is 5.92 Å². The predicted octanol–water partition coefficient (Wildman–Crippen LogP) is 4.16. The topological polar surface area (TPSA) is 12.0 Å². The number of rotatable bonds is 6. The fourth-order valence-corrected chi connectivity index (χ4v) is 2.11. The minimum absolute atomic E-state index is 0.449. The fraction of sp³-hybridized carbons (Fsp3) is 0.600. The monoisotopic (exact) mass is 219 g/mol. The molecule has 2 atom stereocenters. The molecule has 0 amide bonds. The highest BCUT2D eigenvalue weighted by molar-refractivity contribution is 5.18. The summed E-state index contributed by atoms with van der Waals surface area (Å²) < 4.78 is 0. The Hall–Kier alpha value is -0.820. The molecular formula is C15H25N. The maximum absolute atomic E-state index is 3.71. The molecule has 0 unspecified atom stereocenters. The molecule has 90 valence electrons. The predicted molar refractivity (Wildman–Crippen MR) is 71.5 cm³/mol. The lowest BCUT2D eigenvalue weighted by Crippen LogP contribution is -2.32. The quantitative estimate of drug-likeness (QED) is 0.757. The Balaban J connectivity index is 2.52. The van der Waals surface area contributed by atoms with Gasteiger partial charge < -0.3 is 5.32 Å². The van der Waals surface area contributed by atoms with Crippen molar-refractivity contribution in [2.75, 3.05) is 0 Å². The number of hydrogen-bond acceptors (Lipinski definition) is 1. The van der Waals surface area contributed by atoms with Crippen LogP contribution in [0.1, 0.15) is 52.1 Å². The van der Waals surface area contributed by atoms with Crippen LogP contribution >= 0.6 is 0 Å². The van der Waals surface area contributed by atoms with E-state index < -0.39 is 0 Å². The molecule has 0 fully saturated rings. The summed E-state index contributed by atoms with van der Waals surface area (Å²) in [5, 5.41) is 3.71. The van der Waals surface area contributed by atoms with Crippen LogP contribution in [0.2, 0.25) is 0 Å². The normalized spacial score (nSPS) is 15.1. The highest BCUT2D eigenvalue weighted by Crippen LogP contribution is 2.16. The smallest absolute Gasteiger partial charge is 0.0294 e. The van der Waals surface area contributed by atoms with Gasteiger partial charge in [0.2, 0.25) is 0 Å². The third-order valence-electron chi connectivity index (χ3n) is 3.03. The van der Waals surface area contributed by atoms with E-state index in [-0.39, 0.29) is 0 Å². The van der Waals surface area contributed by atoms with Gasteiger partial charge in [0.15, 0.2) is 0 Å². The van der Waals surface area contributed by atoms with Crippen molar-refractivity contribution in [3.63, 3.8) is 0 Å².